The molecular formula is C19H23N3O2S. The number of rotatable bonds is 5. The van der Waals surface area contributed by atoms with Crippen molar-refractivity contribution in [3.8, 4) is 0 Å². The number of fused-ring (bicyclic) bond motifs is 1. The topological polar surface area (TPSA) is 84.2 Å². The molecule has 25 heavy (non-hydrogen) atoms. The molecule has 0 bridgehead atoms. The average molecular weight is 357 g/mol. The Bertz CT molecular complexity index is 746. The SMILES string of the molecule is NCCNC(=O)c1ccccc1NC(=O)c1cc2c(s1)CCCCC2. The number of benzene rings is 1. The highest BCUT2D eigenvalue weighted by atomic mass is 32.1. The number of carbonyl (C=O) groups excluding carboxylic acids is 2. The summed E-state index contributed by atoms with van der Waals surface area (Å²) in [4.78, 5) is 26.9. The highest BCUT2D eigenvalue weighted by Crippen LogP contribution is 2.29. The molecule has 0 atom stereocenters. The molecule has 1 heterocycles. The van der Waals surface area contributed by atoms with Crippen molar-refractivity contribution in [1.29, 1.82) is 0 Å². The first-order valence-corrected chi connectivity index (χ1v) is 9.51. The number of para-hydroxylation sites is 1. The van der Waals surface area contributed by atoms with Gasteiger partial charge in [0, 0.05) is 18.0 Å². The number of aryl methyl sites for hydroxylation is 2. The van der Waals surface area contributed by atoms with Gasteiger partial charge in [0.25, 0.3) is 11.8 Å². The zero-order chi connectivity index (χ0) is 17.6. The molecule has 4 N–H and O–H groups in total. The first-order chi connectivity index (χ1) is 12.2. The Morgan fingerprint density at radius 1 is 1.08 bits per heavy atom. The normalized spacial score (nSPS) is 13.6. The van der Waals surface area contributed by atoms with Crippen LogP contribution in [0.25, 0.3) is 0 Å². The van der Waals surface area contributed by atoms with E-state index >= 15 is 0 Å². The highest BCUT2D eigenvalue weighted by molar-refractivity contribution is 7.14. The van der Waals surface area contributed by atoms with E-state index in [0.717, 1.165) is 12.8 Å². The summed E-state index contributed by atoms with van der Waals surface area (Å²) in [6.07, 6.45) is 5.75. The van der Waals surface area contributed by atoms with Crippen LogP contribution in [0.3, 0.4) is 0 Å². The molecule has 132 valence electrons. The van der Waals surface area contributed by atoms with E-state index in [2.05, 4.69) is 10.6 Å². The molecule has 1 aliphatic carbocycles. The van der Waals surface area contributed by atoms with Gasteiger partial charge in [-0.1, -0.05) is 18.6 Å². The second-order valence-corrected chi connectivity index (χ2v) is 7.30. The first kappa shape index (κ1) is 17.6. The van der Waals surface area contributed by atoms with Gasteiger partial charge in [0.15, 0.2) is 0 Å². The first-order valence-electron chi connectivity index (χ1n) is 8.69. The third-order valence-corrected chi connectivity index (χ3v) is 5.56. The van der Waals surface area contributed by atoms with Crippen LogP contribution in [-0.4, -0.2) is 24.9 Å². The molecule has 0 saturated carbocycles. The van der Waals surface area contributed by atoms with Gasteiger partial charge in [0.05, 0.1) is 16.1 Å². The minimum Gasteiger partial charge on any atom is -0.351 e. The van der Waals surface area contributed by atoms with Crippen molar-refractivity contribution in [3.63, 3.8) is 0 Å². The fourth-order valence-corrected chi connectivity index (χ4v) is 4.18. The molecule has 3 rings (SSSR count). The van der Waals surface area contributed by atoms with Gasteiger partial charge in [0.1, 0.15) is 0 Å². The molecule has 2 aromatic rings. The zero-order valence-electron chi connectivity index (χ0n) is 14.1. The molecule has 6 heteroatoms. The molecule has 0 fully saturated rings. The van der Waals surface area contributed by atoms with Crippen molar-refractivity contribution in [2.24, 2.45) is 5.73 Å². The summed E-state index contributed by atoms with van der Waals surface area (Å²) >= 11 is 1.58. The molecule has 0 saturated heterocycles. The Balaban J connectivity index is 1.76. The Kier molecular flexibility index (Phi) is 5.83. The van der Waals surface area contributed by atoms with Crippen LogP contribution in [0.5, 0.6) is 0 Å². The number of nitrogens with two attached hydrogens (primary N) is 1. The molecule has 1 aromatic carbocycles. The third kappa shape index (κ3) is 4.27. The van der Waals surface area contributed by atoms with E-state index in [1.807, 2.05) is 6.07 Å². The molecule has 0 unspecified atom stereocenters. The van der Waals surface area contributed by atoms with Gasteiger partial charge in [-0.3, -0.25) is 9.59 Å². The maximum atomic E-state index is 12.7. The van der Waals surface area contributed by atoms with Crippen LogP contribution in [0, 0.1) is 0 Å². The smallest absolute Gasteiger partial charge is 0.265 e. The second kappa shape index (κ2) is 8.27. The summed E-state index contributed by atoms with van der Waals surface area (Å²) in [6, 6.07) is 9.04. The van der Waals surface area contributed by atoms with Crippen LogP contribution < -0.4 is 16.4 Å². The van der Waals surface area contributed by atoms with Crippen LogP contribution >= 0.6 is 11.3 Å². The minimum atomic E-state index is -0.233. The van der Waals surface area contributed by atoms with Crippen molar-refractivity contribution in [3.05, 3.63) is 51.2 Å². The van der Waals surface area contributed by atoms with Gasteiger partial charge in [-0.25, -0.2) is 0 Å². The largest absolute Gasteiger partial charge is 0.351 e. The predicted molar refractivity (Wildman–Crippen MR) is 101 cm³/mol. The number of hydrogen-bond donors (Lipinski definition) is 3. The molecule has 1 aliphatic rings. The number of amides is 2. The summed E-state index contributed by atoms with van der Waals surface area (Å²) in [5, 5.41) is 5.62. The number of hydrogen-bond acceptors (Lipinski definition) is 4. The van der Waals surface area contributed by atoms with Crippen LogP contribution in [0.1, 0.15) is 49.7 Å². The summed E-state index contributed by atoms with van der Waals surface area (Å²) < 4.78 is 0. The molecule has 2 amide bonds. The summed E-state index contributed by atoms with van der Waals surface area (Å²) in [7, 11) is 0. The van der Waals surface area contributed by atoms with E-state index in [0.29, 0.717) is 29.2 Å². The predicted octanol–water partition coefficient (Wildman–Crippen LogP) is 2.96. The van der Waals surface area contributed by atoms with Crippen molar-refractivity contribution in [2.45, 2.75) is 32.1 Å². The van der Waals surface area contributed by atoms with Crippen molar-refractivity contribution >= 4 is 28.8 Å². The summed E-state index contributed by atoms with van der Waals surface area (Å²) in [5.41, 5.74) is 7.70. The highest BCUT2D eigenvalue weighted by Gasteiger charge is 2.18. The fraction of sp³-hybridized carbons (Fsp3) is 0.368. The maximum absolute atomic E-state index is 12.7. The number of nitrogens with one attached hydrogen (secondary N) is 2. The summed E-state index contributed by atoms with van der Waals surface area (Å²) in [6.45, 7) is 0.778. The van der Waals surface area contributed by atoms with Crippen LogP contribution in [-0.2, 0) is 12.8 Å². The standard InChI is InChI=1S/C19H23N3O2S/c20-10-11-21-18(23)14-7-4-5-8-15(14)22-19(24)17-12-13-6-2-1-3-9-16(13)25-17/h4-5,7-8,12H,1-3,6,9-11,20H2,(H,21,23)(H,22,24). The van der Waals surface area contributed by atoms with Crippen LogP contribution in [0.2, 0.25) is 0 Å². The van der Waals surface area contributed by atoms with Crippen molar-refractivity contribution < 1.29 is 9.59 Å². The summed E-state index contributed by atoms with van der Waals surface area (Å²) in [5.74, 6) is -0.388. The zero-order valence-corrected chi connectivity index (χ0v) is 15.0. The Morgan fingerprint density at radius 2 is 1.88 bits per heavy atom. The minimum absolute atomic E-state index is 0.155. The fourth-order valence-electron chi connectivity index (χ4n) is 3.03. The number of carbonyl (C=O) groups is 2. The van der Waals surface area contributed by atoms with Gasteiger partial charge >= 0.3 is 0 Å². The van der Waals surface area contributed by atoms with Gasteiger partial charge in [0.2, 0.25) is 0 Å². The van der Waals surface area contributed by atoms with Gasteiger partial charge in [-0.05, 0) is 49.4 Å². The molecular weight excluding hydrogens is 334 g/mol. The monoisotopic (exact) mass is 357 g/mol. The van der Waals surface area contributed by atoms with E-state index in [1.54, 1.807) is 35.6 Å². The molecule has 0 spiro atoms. The molecule has 1 aromatic heterocycles. The van der Waals surface area contributed by atoms with E-state index in [4.69, 9.17) is 5.73 Å². The van der Waals surface area contributed by atoms with Gasteiger partial charge in [-0.15, -0.1) is 11.3 Å². The Labute approximate surface area is 151 Å². The lowest BCUT2D eigenvalue weighted by Crippen LogP contribution is -2.29. The van der Waals surface area contributed by atoms with E-state index in [9.17, 15) is 9.59 Å². The molecule has 0 radical (unpaired) electrons. The van der Waals surface area contributed by atoms with Crippen molar-refractivity contribution in [2.75, 3.05) is 18.4 Å². The second-order valence-electron chi connectivity index (χ2n) is 6.16. The lowest BCUT2D eigenvalue weighted by molar-refractivity contribution is 0.0955. The van der Waals surface area contributed by atoms with Gasteiger partial charge in [-0.2, -0.15) is 0 Å². The third-order valence-electron chi connectivity index (χ3n) is 4.32. The number of thiophene rings is 1. The van der Waals surface area contributed by atoms with Crippen LogP contribution in [0.4, 0.5) is 5.69 Å². The lowest BCUT2D eigenvalue weighted by atomic mass is 10.1. The number of anilines is 1. The van der Waals surface area contributed by atoms with E-state index in [-0.39, 0.29) is 11.8 Å². The van der Waals surface area contributed by atoms with E-state index < -0.39 is 0 Å². The Hall–Kier alpha value is -2.18. The maximum Gasteiger partial charge on any atom is 0.265 e. The van der Waals surface area contributed by atoms with Gasteiger partial charge < -0.3 is 16.4 Å². The van der Waals surface area contributed by atoms with Crippen molar-refractivity contribution in [1.82, 2.24) is 5.32 Å². The quantitative estimate of drug-likeness (QED) is 0.719. The Morgan fingerprint density at radius 3 is 2.72 bits per heavy atom. The van der Waals surface area contributed by atoms with E-state index in [1.165, 1.54) is 29.7 Å². The molecule has 5 nitrogen and oxygen atoms in total. The lowest BCUT2D eigenvalue weighted by Gasteiger charge is -2.10. The van der Waals surface area contributed by atoms with Crippen LogP contribution in [0.15, 0.2) is 30.3 Å². The average Bonchev–Trinajstić information content (AvgIpc) is 2.91. The molecule has 0 aliphatic heterocycles.